The average Bonchev–Trinajstić information content (AvgIpc) is 2.44. The molecule has 0 saturated carbocycles. The van der Waals surface area contributed by atoms with Crippen molar-refractivity contribution >= 4 is 12.0 Å². The predicted molar refractivity (Wildman–Crippen MR) is 71.7 cm³/mol. The molecule has 1 rings (SSSR count). The second kappa shape index (κ2) is 8.76. The Balaban J connectivity index is 2.21. The lowest BCUT2D eigenvalue weighted by atomic mass is 10.2. The summed E-state index contributed by atoms with van der Waals surface area (Å²) in [6, 6.07) is 7.03. The summed E-state index contributed by atoms with van der Waals surface area (Å²) >= 11 is 0. The molecule has 1 aromatic carbocycles. The van der Waals surface area contributed by atoms with E-state index in [-0.39, 0.29) is 25.8 Å². The standard InChI is InChI=1S/C13H18N2O5/c1-19-11-5-3-2-4-10(11)8-15-13(18)14-6-7-20-9-12(16)17/h2-5H,6-9H2,1H3,(H,16,17)(H2,14,15,18). The molecule has 0 spiro atoms. The van der Waals surface area contributed by atoms with Crippen molar-refractivity contribution in [1.29, 1.82) is 0 Å². The van der Waals surface area contributed by atoms with Crippen molar-refractivity contribution in [3.8, 4) is 5.75 Å². The van der Waals surface area contributed by atoms with Crippen molar-refractivity contribution in [1.82, 2.24) is 10.6 Å². The van der Waals surface area contributed by atoms with Gasteiger partial charge in [-0.1, -0.05) is 18.2 Å². The van der Waals surface area contributed by atoms with Crippen molar-refractivity contribution < 1.29 is 24.2 Å². The van der Waals surface area contributed by atoms with E-state index in [2.05, 4.69) is 10.6 Å². The van der Waals surface area contributed by atoms with Crippen molar-refractivity contribution in [2.24, 2.45) is 0 Å². The first-order chi connectivity index (χ1) is 9.63. The lowest BCUT2D eigenvalue weighted by Gasteiger charge is -2.10. The number of rotatable bonds is 8. The van der Waals surface area contributed by atoms with Crippen LogP contribution in [0.4, 0.5) is 4.79 Å². The number of ether oxygens (including phenoxy) is 2. The molecule has 0 aromatic heterocycles. The van der Waals surface area contributed by atoms with E-state index in [1.54, 1.807) is 7.11 Å². The molecule has 0 aliphatic rings. The molecular weight excluding hydrogens is 264 g/mol. The number of benzene rings is 1. The summed E-state index contributed by atoms with van der Waals surface area (Å²) in [5.74, 6) is -0.330. The molecule has 0 fully saturated rings. The fourth-order valence-corrected chi connectivity index (χ4v) is 1.48. The molecule has 0 atom stereocenters. The maximum atomic E-state index is 11.5. The zero-order chi connectivity index (χ0) is 14.8. The van der Waals surface area contributed by atoms with Crippen molar-refractivity contribution in [2.75, 3.05) is 26.9 Å². The number of methoxy groups -OCH3 is 1. The van der Waals surface area contributed by atoms with Crippen LogP contribution in [0, 0.1) is 0 Å². The van der Waals surface area contributed by atoms with Gasteiger partial charge in [-0.3, -0.25) is 0 Å². The summed E-state index contributed by atoms with van der Waals surface area (Å²) in [4.78, 5) is 21.7. The van der Waals surface area contributed by atoms with Gasteiger partial charge in [0.25, 0.3) is 0 Å². The van der Waals surface area contributed by atoms with Crippen LogP contribution < -0.4 is 15.4 Å². The van der Waals surface area contributed by atoms with Crippen LogP contribution in [0.25, 0.3) is 0 Å². The minimum absolute atomic E-state index is 0.147. The van der Waals surface area contributed by atoms with Gasteiger partial charge in [0.05, 0.1) is 13.7 Å². The molecule has 0 aliphatic heterocycles. The molecule has 0 saturated heterocycles. The van der Waals surface area contributed by atoms with Gasteiger partial charge in [-0.25, -0.2) is 9.59 Å². The van der Waals surface area contributed by atoms with E-state index in [9.17, 15) is 9.59 Å². The maximum Gasteiger partial charge on any atom is 0.329 e. The van der Waals surface area contributed by atoms with Crippen LogP contribution in [0.2, 0.25) is 0 Å². The highest BCUT2D eigenvalue weighted by Crippen LogP contribution is 2.16. The Bertz CT molecular complexity index is 450. The summed E-state index contributed by atoms with van der Waals surface area (Å²) in [5.41, 5.74) is 0.868. The first-order valence-electron chi connectivity index (χ1n) is 6.06. The molecule has 7 nitrogen and oxygen atoms in total. The third-order valence-corrected chi connectivity index (χ3v) is 2.39. The molecule has 0 radical (unpaired) electrons. The molecule has 0 aliphatic carbocycles. The summed E-state index contributed by atoms with van der Waals surface area (Å²) in [5, 5.41) is 13.6. The topological polar surface area (TPSA) is 96.9 Å². The second-order valence-corrected chi connectivity index (χ2v) is 3.87. The molecule has 0 unspecified atom stereocenters. The van der Waals surface area contributed by atoms with Crippen LogP contribution in [0.1, 0.15) is 5.56 Å². The molecule has 1 aromatic rings. The van der Waals surface area contributed by atoms with Crippen LogP contribution in [0.5, 0.6) is 5.75 Å². The first-order valence-corrected chi connectivity index (χ1v) is 6.06. The smallest absolute Gasteiger partial charge is 0.329 e. The second-order valence-electron chi connectivity index (χ2n) is 3.87. The number of urea groups is 1. The third-order valence-electron chi connectivity index (χ3n) is 2.39. The Kier molecular flexibility index (Phi) is 6.91. The van der Waals surface area contributed by atoms with Gasteiger partial charge in [0, 0.05) is 18.7 Å². The van der Waals surface area contributed by atoms with Gasteiger partial charge in [-0.2, -0.15) is 0 Å². The highest BCUT2D eigenvalue weighted by molar-refractivity contribution is 5.73. The highest BCUT2D eigenvalue weighted by Gasteiger charge is 2.04. The Morgan fingerprint density at radius 2 is 2.00 bits per heavy atom. The summed E-state index contributed by atoms with van der Waals surface area (Å²) in [6.07, 6.45) is 0. The van der Waals surface area contributed by atoms with E-state index in [0.717, 1.165) is 5.56 Å². The molecule has 0 heterocycles. The van der Waals surface area contributed by atoms with Crippen LogP contribution in [-0.2, 0) is 16.1 Å². The van der Waals surface area contributed by atoms with Gasteiger partial charge < -0.3 is 25.2 Å². The SMILES string of the molecule is COc1ccccc1CNC(=O)NCCOCC(=O)O. The number of aliphatic carboxylic acids is 1. The van der Waals surface area contributed by atoms with Crippen LogP contribution in [0.15, 0.2) is 24.3 Å². The largest absolute Gasteiger partial charge is 0.496 e. The molecular formula is C13H18N2O5. The van der Waals surface area contributed by atoms with Gasteiger partial charge >= 0.3 is 12.0 Å². The normalized spacial score (nSPS) is 9.85. The lowest BCUT2D eigenvalue weighted by molar-refractivity contribution is -0.142. The van der Waals surface area contributed by atoms with E-state index in [0.29, 0.717) is 12.3 Å². The van der Waals surface area contributed by atoms with Crippen molar-refractivity contribution in [2.45, 2.75) is 6.54 Å². The van der Waals surface area contributed by atoms with Gasteiger partial charge in [-0.05, 0) is 6.07 Å². The molecule has 0 bridgehead atoms. The minimum atomic E-state index is -1.04. The van der Waals surface area contributed by atoms with E-state index in [4.69, 9.17) is 14.6 Å². The Labute approximate surface area is 116 Å². The van der Waals surface area contributed by atoms with Gasteiger partial charge in [-0.15, -0.1) is 0 Å². The number of carboxylic acids is 1. The van der Waals surface area contributed by atoms with Crippen LogP contribution >= 0.6 is 0 Å². The highest BCUT2D eigenvalue weighted by atomic mass is 16.5. The lowest BCUT2D eigenvalue weighted by Crippen LogP contribution is -2.37. The van der Waals surface area contributed by atoms with Crippen molar-refractivity contribution in [3.63, 3.8) is 0 Å². The molecule has 20 heavy (non-hydrogen) atoms. The van der Waals surface area contributed by atoms with E-state index < -0.39 is 5.97 Å². The van der Waals surface area contributed by atoms with Crippen LogP contribution in [0.3, 0.4) is 0 Å². The number of nitrogens with one attached hydrogen (secondary N) is 2. The predicted octanol–water partition coefficient (Wildman–Crippen LogP) is 0.596. The molecule has 110 valence electrons. The summed E-state index contributed by atoms with van der Waals surface area (Å²) in [6.45, 7) is 0.357. The van der Waals surface area contributed by atoms with Crippen LogP contribution in [-0.4, -0.2) is 44.0 Å². The van der Waals surface area contributed by atoms with Gasteiger partial charge in [0.2, 0.25) is 0 Å². The zero-order valence-corrected chi connectivity index (χ0v) is 11.2. The van der Waals surface area contributed by atoms with E-state index in [1.807, 2.05) is 24.3 Å². The fraction of sp³-hybridized carbons (Fsp3) is 0.385. The minimum Gasteiger partial charge on any atom is -0.496 e. The number of carbonyl (C=O) groups is 2. The van der Waals surface area contributed by atoms with E-state index in [1.165, 1.54) is 0 Å². The zero-order valence-electron chi connectivity index (χ0n) is 11.2. The first kappa shape index (κ1) is 15.8. The Hall–Kier alpha value is -2.28. The number of para-hydroxylation sites is 1. The molecule has 7 heteroatoms. The maximum absolute atomic E-state index is 11.5. The average molecular weight is 282 g/mol. The number of carbonyl (C=O) groups excluding carboxylic acids is 1. The number of amides is 2. The molecule has 3 N–H and O–H groups in total. The van der Waals surface area contributed by atoms with Gasteiger partial charge in [0.15, 0.2) is 0 Å². The summed E-state index contributed by atoms with van der Waals surface area (Å²) in [7, 11) is 1.57. The monoisotopic (exact) mass is 282 g/mol. The third kappa shape index (κ3) is 6.05. The summed E-state index contributed by atoms with van der Waals surface area (Å²) < 4.78 is 9.95. The number of hydrogen-bond donors (Lipinski definition) is 3. The fourth-order valence-electron chi connectivity index (χ4n) is 1.48. The molecule has 2 amide bonds. The Morgan fingerprint density at radius 1 is 1.25 bits per heavy atom. The number of hydrogen-bond acceptors (Lipinski definition) is 4. The van der Waals surface area contributed by atoms with E-state index >= 15 is 0 Å². The quantitative estimate of drug-likeness (QED) is 0.607. The van der Waals surface area contributed by atoms with Gasteiger partial charge in [0.1, 0.15) is 12.4 Å². The Morgan fingerprint density at radius 3 is 2.70 bits per heavy atom. The van der Waals surface area contributed by atoms with Crippen molar-refractivity contribution in [3.05, 3.63) is 29.8 Å². The number of carboxylic acid groups (broad SMARTS) is 1.